The van der Waals surface area contributed by atoms with Gasteiger partial charge in [-0.1, -0.05) is 12.1 Å². The lowest BCUT2D eigenvalue weighted by Crippen LogP contribution is -2.47. The highest BCUT2D eigenvalue weighted by atomic mass is 32.2. The first-order valence-corrected chi connectivity index (χ1v) is 16.2. The summed E-state index contributed by atoms with van der Waals surface area (Å²) in [6, 6.07) is 19.9. The SMILES string of the molecule is O=C1S/C(=C\c2ccc(Oc3ccc([N+](=O)[O-])cc3)cc2)C(=O)N1c1ccc(OCCCCN2CCN(CC3CC3)CC2)cc1. The quantitative estimate of drug-likeness (QED) is 0.0873. The van der Waals surface area contributed by atoms with Crippen LogP contribution in [0.2, 0.25) is 0 Å². The Labute approximate surface area is 266 Å². The number of piperazine rings is 1. The number of carbonyl (C=O) groups excluding carboxylic acids is 2. The van der Waals surface area contributed by atoms with E-state index in [0.717, 1.165) is 55.7 Å². The minimum Gasteiger partial charge on any atom is -0.494 e. The maximum Gasteiger partial charge on any atom is 0.298 e. The topological polar surface area (TPSA) is 105 Å². The number of nitro benzene ring substituents is 1. The third kappa shape index (κ3) is 8.30. The molecule has 3 aromatic carbocycles. The van der Waals surface area contributed by atoms with Crippen molar-refractivity contribution in [3.05, 3.63) is 93.4 Å². The summed E-state index contributed by atoms with van der Waals surface area (Å²) >= 11 is 0.897. The molecule has 2 amide bonds. The van der Waals surface area contributed by atoms with E-state index in [1.807, 2.05) is 0 Å². The zero-order valence-corrected chi connectivity index (χ0v) is 25.8. The summed E-state index contributed by atoms with van der Waals surface area (Å²) in [5.41, 5.74) is 1.22. The Morgan fingerprint density at radius 2 is 1.44 bits per heavy atom. The fraction of sp³-hybridized carbons (Fsp3) is 0.353. The van der Waals surface area contributed by atoms with Crippen molar-refractivity contribution in [2.75, 3.05) is 50.8 Å². The fourth-order valence-corrected chi connectivity index (χ4v) is 6.27. The van der Waals surface area contributed by atoms with Gasteiger partial charge in [-0.05, 0) is 110 Å². The number of rotatable bonds is 13. The molecule has 1 saturated carbocycles. The summed E-state index contributed by atoms with van der Waals surface area (Å²) in [6.45, 7) is 7.71. The Bertz CT molecular complexity index is 1530. The normalized spacial score (nSPS) is 18.5. The average Bonchev–Trinajstić information content (AvgIpc) is 3.82. The molecule has 0 unspecified atom stereocenters. The number of anilines is 1. The van der Waals surface area contributed by atoms with Crippen LogP contribution in [0, 0.1) is 16.0 Å². The van der Waals surface area contributed by atoms with Crippen molar-refractivity contribution in [2.24, 2.45) is 5.92 Å². The average molecular weight is 629 g/mol. The highest BCUT2D eigenvalue weighted by Gasteiger charge is 2.36. The number of unbranched alkanes of at least 4 members (excludes halogenated alkanes) is 1. The molecule has 0 radical (unpaired) electrons. The van der Waals surface area contributed by atoms with Gasteiger partial charge in [0.2, 0.25) is 0 Å². The van der Waals surface area contributed by atoms with Gasteiger partial charge in [-0.3, -0.25) is 19.7 Å². The third-order valence-electron chi connectivity index (χ3n) is 8.17. The Morgan fingerprint density at radius 1 is 0.822 bits per heavy atom. The lowest BCUT2D eigenvalue weighted by molar-refractivity contribution is -0.384. The number of amides is 2. The minimum absolute atomic E-state index is 0.0138. The van der Waals surface area contributed by atoms with Crippen molar-refractivity contribution in [1.29, 1.82) is 0 Å². The van der Waals surface area contributed by atoms with Crippen molar-refractivity contribution >= 4 is 40.4 Å². The number of thioether (sulfide) groups is 1. The van der Waals surface area contributed by atoms with Crippen LogP contribution in [0.5, 0.6) is 17.2 Å². The van der Waals surface area contributed by atoms with E-state index in [2.05, 4.69) is 9.80 Å². The summed E-state index contributed by atoms with van der Waals surface area (Å²) < 4.78 is 11.7. The molecule has 3 aromatic rings. The van der Waals surface area contributed by atoms with E-state index >= 15 is 0 Å². The van der Waals surface area contributed by atoms with Crippen LogP contribution in [0.3, 0.4) is 0 Å². The van der Waals surface area contributed by atoms with Gasteiger partial charge in [0, 0.05) is 44.9 Å². The van der Waals surface area contributed by atoms with Crippen LogP contribution in [-0.4, -0.2) is 71.7 Å². The molecular weight excluding hydrogens is 592 g/mol. The first kappa shape index (κ1) is 30.8. The molecule has 11 heteroatoms. The number of non-ortho nitro benzene ring substituents is 1. The molecule has 0 spiro atoms. The fourth-order valence-electron chi connectivity index (χ4n) is 5.43. The first-order chi connectivity index (χ1) is 21.9. The second-order valence-corrected chi connectivity index (χ2v) is 12.6. The van der Waals surface area contributed by atoms with Gasteiger partial charge in [0.25, 0.3) is 16.8 Å². The summed E-state index contributed by atoms with van der Waals surface area (Å²) in [6.07, 6.45) is 6.58. The van der Waals surface area contributed by atoms with E-state index in [1.54, 1.807) is 54.6 Å². The standard InChI is InChI=1S/C34H36N4O6S/c39-33-32(23-25-5-11-30(12-6-25)44-31-15-9-28(10-16-31)38(41)42)45-34(40)37(33)27-7-13-29(14-8-27)43-22-2-1-17-35-18-20-36(21-19-35)24-26-3-4-26/h5-16,23,26H,1-4,17-22,24H2/b32-23-. The molecule has 3 aliphatic rings. The smallest absolute Gasteiger partial charge is 0.298 e. The van der Waals surface area contributed by atoms with Crippen LogP contribution in [0.25, 0.3) is 6.08 Å². The first-order valence-electron chi connectivity index (χ1n) is 15.4. The maximum absolute atomic E-state index is 13.1. The summed E-state index contributed by atoms with van der Waals surface area (Å²) in [5, 5.41) is 10.5. The van der Waals surface area contributed by atoms with Gasteiger partial charge in [0.15, 0.2) is 0 Å². The Balaban J connectivity index is 0.947. The van der Waals surface area contributed by atoms with Gasteiger partial charge in [-0.25, -0.2) is 4.90 Å². The minimum atomic E-state index is -0.467. The number of carbonyl (C=O) groups is 2. The molecule has 0 bridgehead atoms. The van der Waals surface area contributed by atoms with Crippen LogP contribution in [0.4, 0.5) is 16.2 Å². The maximum atomic E-state index is 13.1. The second-order valence-electron chi connectivity index (χ2n) is 11.6. The predicted molar refractivity (Wildman–Crippen MR) is 175 cm³/mol. The van der Waals surface area contributed by atoms with Crippen molar-refractivity contribution in [1.82, 2.24) is 9.80 Å². The molecule has 0 atom stereocenters. The molecular formula is C34H36N4O6S. The van der Waals surface area contributed by atoms with E-state index in [4.69, 9.17) is 9.47 Å². The molecule has 6 rings (SSSR count). The number of benzene rings is 3. The largest absolute Gasteiger partial charge is 0.494 e. The molecule has 3 fully saturated rings. The van der Waals surface area contributed by atoms with E-state index in [0.29, 0.717) is 34.4 Å². The number of ether oxygens (including phenoxy) is 2. The molecule has 0 aromatic heterocycles. The number of imide groups is 1. The van der Waals surface area contributed by atoms with Crippen LogP contribution in [-0.2, 0) is 4.79 Å². The van der Waals surface area contributed by atoms with Gasteiger partial charge in [0.05, 0.1) is 22.1 Å². The number of nitrogens with zero attached hydrogens (tertiary/aromatic N) is 4. The Hall–Kier alpha value is -4.19. The van der Waals surface area contributed by atoms with E-state index < -0.39 is 4.92 Å². The third-order valence-corrected chi connectivity index (χ3v) is 9.03. The van der Waals surface area contributed by atoms with Crippen LogP contribution >= 0.6 is 11.8 Å². The Morgan fingerprint density at radius 3 is 2.09 bits per heavy atom. The van der Waals surface area contributed by atoms with E-state index in [-0.39, 0.29) is 16.8 Å². The van der Waals surface area contributed by atoms with Gasteiger partial charge in [-0.15, -0.1) is 0 Å². The molecule has 2 aliphatic heterocycles. The zero-order chi connectivity index (χ0) is 31.2. The second kappa shape index (κ2) is 14.3. The van der Waals surface area contributed by atoms with Crippen molar-refractivity contribution in [3.8, 4) is 17.2 Å². The van der Waals surface area contributed by atoms with Crippen molar-refractivity contribution in [3.63, 3.8) is 0 Å². The number of hydrogen-bond donors (Lipinski definition) is 0. The molecule has 0 N–H and O–H groups in total. The lowest BCUT2D eigenvalue weighted by atomic mass is 10.2. The zero-order valence-electron chi connectivity index (χ0n) is 25.0. The molecule has 45 heavy (non-hydrogen) atoms. The number of nitro groups is 1. The molecule has 10 nitrogen and oxygen atoms in total. The molecule has 1 aliphatic carbocycles. The van der Waals surface area contributed by atoms with Crippen LogP contribution < -0.4 is 14.4 Å². The van der Waals surface area contributed by atoms with Gasteiger partial charge in [-0.2, -0.15) is 0 Å². The lowest BCUT2D eigenvalue weighted by Gasteiger charge is -2.34. The van der Waals surface area contributed by atoms with E-state index in [9.17, 15) is 19.7 Å². The van der Waals surface area contributed by atoms with Crippen LogP contribution in [0.1, 0.15) is 31.2 Å². The highest BCUT2D eigenvalue weighted by molar-refractivity contribution is 8.19. The molecule has 2 heterocycles. The van der Waals surface area contributed by atoms with E-state index in [1.165, 1.54) is 61.6 Å². The van der Waals surface area contributed by atoms with Gasteiger partial charge >= 0.3 is 0 Å². The van der Waals surface area contributed by atoms with Gasteiger partial charge in [0.1, 0.15) is 17.2 Å². The monoisotopic (exact) mass is 628 g/mol. The van der Waals surface area contributed by atoms with Gasteiger partial charge < -0.3 is 19.3 Å². The summed E-state index contributed by atoms with van der Waals surface area (Å²) in [7, 11) is 0. The summed E-state index contributed by atoms with van der Waals surface area (Å²) in [5.74, 6) is 2.30. The molecule has 234 valence electrons. The van der Waals surface area contributed by atoms with Crippen molar-refractivity contribution in [2.45, 2.75) is 25.7 Å². The Kier molecular flexibility index (Phi) is 9.78. The van der Waals surface area contributed by atoms with Crippen LogP contribution in [0.15, 0.2) is 77.7 Å². The van der Waals surface area contributed by atoms with Crippen molar-refractivity contribution < 1.29 is 24.0 Å². The number of hydrogen-bond acceptors (Lipinski definition) is 9. The highest BCUT2D eigenvalue weighted by Crippen LogP contribution is 2.36. The summed E-state index contributed by atoms with van der Waals surface area (Å²) in [4.78, 5) is 42.9. The predicted octanol–water partition coefficient (Wildman–Crippen LogP) is 6.81. The molecule has 2 saturated heterocycles.